The second kappa shape index (κ2) is 4.53. The first-order chi connectivity index (χ1) is 8.54. The molecule has 0 aliphatic heterocycles. The van der Waals surface area contributed by atoms with Crippen LogP contribution in [0.2, 0.25) is 0 Å². The number of benzene rings is 1. The maximum absolute atomic E-state index is 11.0. The molecule has 1 aromatic heterocycles. The Morgan fingerprint density at radius 3 is 2.33 bits per heavy atom. The molecule has 0 radical (unpaired) electrons. The van der Waals surface area contributed by atoms with E-state index >= 15 is 0 Å². The molecule has 8 nitrogen and oxygen atoms in total. The van der Waals surface area contributed by atoms with Crippen molar-refractivity contribution >= 4 is 17.2 Å². The molecule has 1 aromatic carbocycles. The third-order valence-corrected chi connectivity index (χ3v) is 2.12. The van der Waals surface area contributed by atoms with Gasteiger partial charge >= 0.3 is 5.69 Å². The summed E-state index contributed by atoms with van der Waals surface area (Å²) in [6.45, 7) is 0. The van der Waals surface area contributed by atoms with Crippen LogP contribution in [0.5, 0.6) is 0 Å². The number of hydrogen-bond donors (Lipinski definition) is 3. The number of nitrogens with zero attached hydrogens (tertiary/aromatic N) is 1. The number of aromatic amines is 2. The van der Waals surface area contributed by atoms with Gasteiger partial charge in [-0.2, -0.15) is 0 Å². The summed E-state index contributed by atoms with van der Waals surface area (Å²) in [5, 5.41) is 13.2. The van der Waals surface area contributed by atoms with Gasteiger partial charge < -0.3 is 5.32 Å². The Hall–Kier alpha value is -2.90. The summed E-state index contributed by atoms with van der Waals surface area (Å²) in [6, 6.07) is 6.74. The second-order valence-corrected chi connectivity index (χ2v) is 3.43. The molecule has 0 amide bonds. The van der Waals surface area contributed by atoms with Gasteiger partial charge in [0.2, 0.25) is 0 Å². The molecule has 18 heavy (non-hydrogen) atoms. The summed E-state index contributed by atoms with van der Waals surface area (Å²) in [4.78, 5) is 36.4. The van der Waals surface area contributed by atoms with Gasteiger partial charge in [-0.15, -0.1) is 0 Å². The van der Waals surface area contributed by atoms with Crippen LogP contribution in [0.4, 0.5) is 17.2 Å². The van der Waals surface area contributed by atoms with Crippen molar-refractivity contribution in [3.63, 3.8) is 0 Å². The Labute approximate surface area is 99.5 Å². The van der Waals surface area contributed by atoms with Gasteiger partial charge in [0.25, 0.3) is 11.2 Å². The zero-order valence-electron chi connectivity index (χ0n) is 8.97. The van der Waals surface area contributed by atoms with Crippen LogP contribution in [0.1, 0.15) is 0 Å². The Morgan fingerprint density at radius 1 is 1.11 bits per heavy atom. The highest BCUT2D eigenvalue weighted by Gasteiger charge is 2.04. The second-order valence-electron chi connectivity index (χ2n) is 3.43. The molecule has 92 valence electrons. The maximum atomic E-state index is 11.0. The Kier molecular flexibility index (Phi) is 2.92. The van der Waals surface area contributed by atoms with E-state index in [1.54, 1.807) is 0 Å². The topological polar surface area (TPSA) is 121 Å². The number of anilines is 2. The lowest BCUT2D eigenvalue weighted by molar-refractivity contribution is -0.384. The lowest BCUT2D eigenvalue weighted by atomic mass is 10.3. The molecule has 0 atom stereocenters. The van der Waals surface area contributed by atoms with E-state index in [0.29, 0.717) is 5.69 Å². The van der Waals surface area contributed by atoms with Gasteiger partial charge in [-0.3, -0.25) is 24.9 Å². The first kappa shape index (κ1) is 11.6. The summed E-state index contributed by atoms with van der Waals surface area (Å²) in [5.41, 5.74) is -0.697. The Bertz CT molecular complexity index is 658. The Morgan fingerprint density at radius 2 is 1.78 bits per heavy atom. The molecule has 0 fully saturated rings. The number of aromatic nitrogens is 2. The highest BCUT2D eigenvalue weighted by molar-refractivity contribution is 5.57. The van der Waals surface area contributed by atoms with Gasteiger partial charge in [-0.05, 0) is 12.1 Å². The fourth-order valence-corrected chi connectivity index (χ4v) is 1.36. The van der Waals surface area contributed by atoms with Crippen molar-refractivity contribution in [1.82, 2.24) is 9.97 Å². The minimum absolute atomic E-state index is 0.0417. The van der Waals surface area contributed by atoms with E-state index in [-0.39, 0.29) is 11.5 Å². The number of nitro benzene ring substituents is 1. The van der Waals surface area contributed by atoms with E-state index in [0.717, 1.165) is 0 Å². The standard InChI is InChI=1S/C10H8N4O4/c15-9-5-8(12-10(16)13-9)11-6-1-3-7(4-2-6)14(17)18/h1-5H,(H3,11,12,13,15,16). The Balaban J connectivity index is 2.26. The largest absolute Gasteiger partial charge is 0.342 e. The smallest absolute Gasteiger partial charge is 0.327 e. The molecule has 2 aromatic rings. The predicted molar refractivity (Wildman–Crippen MR) is 64.1 cm³/mol. The minimum atomic E-state index is -0.632. The van der Waals surface area contributed by atoms with Crippen molar-refractivity contribution in [2.45, 2.75) is 0 Å². The van der Waals surface area contributed by atoms with Crippen LogP contribution in [-0.2, 0) is 0 Å². The fraction of sp³-hybridized carbons (Fsp3) is 0. The van der Waals surface area contributed by atoms with Crippen LogP contribution in [-0.4, -0.2) is 14.9 Å². The molecule has 1 heterocycles. The third kappa shape index (κ3) is 2.61. The highest BCUT2D eigenvalue weighted by atomic mass is 16.6. The normalized spacial score (nSPS) is 10.0. The van der Waals surface area contributed by atoms with Crippen molar-refractivity contribution < 1.29 is 4.92 Å². The van der Waals surface area contributed by atoms with Crippen LogP contribution < -0.4 is 16.6 Å². The fourth-order valence-electron chi connectivity index (χ4n) is 1.36. The van der Waals surface area contributed by atoms with Crippen LogP contribution in [0.25, 0.3) is 0 Å². The molecule has 2 rings (SSSR count). The summed E-state index contributed by atoms with van der Waals surface area (Å²) >= 11 is 0. The minimum Gasteiger partial charge on any atom is -0.342 e. The number of H-pyrrole nitrogens is 2. The molecule has 0 spiro atoms. The van der Waals surface area contributed by atoms with Gasteiger partial charge in [-0.1, -0.05) is 0 Å². The number of hydrogen-bond acceptors (Lipinski definition) is 5. The summed E-state index contributed by atoms with van der Waals surface area (Å²) in [5.74, 6) is 0.206. The predicted octanol–water partition coefficient (Wildman–Crippen LogP) is 0.715. The lowest BCUT2D eigenvalue weighted by Gasteiger charge is -2.04. The van der Waals surface area contributed by atoms with E-state index in [4.69, 9.17) is 0 Å². The van der Waals surface area contributed by atoms with Crippen molar-refractivity contribution in [2.24, 2.45) is 0 Å². The van der Waals surface area contributed by atoms with Gasteiger partial charge in [0.05, 0.1) is 4.92 Å². The number of nitro groups is 1. The molecular weight excluding hydrogens is 240 g/mol. The van der Waals surface area contributed by atoms with E-state index in [2.05, 4.69) is 10.3 Å². The average molecular weight is 248 g/mol. The monoisotopic (exact) mass is 248 g/mol. The van der Waals surface area contributed by atoms with Gasteiger partial charge in [-0.25, -0.2) is 4.79 Å². The summed E-state index contributed by atoms with van der Waals surface area (Å²) < 4.78 is 0. The molecule has 0 saturated carbocycles. The molecule has 0 aliphatic rings. The highest BCUT2D eigenvalue weighted by Crippen LogP contribution is 2.17. The molecular formula is C10H8N4O4. The zero-order valence-corrected chi connectivity index (χ0v) is 8.97. The van der Waals surface area contributed by atoms with Crippen LogP contribution in [0.3, 0.4) is 0 Å². The van der Waals surface area contributed by atoms with Crippen molar-refractivity contribution in [3.05, 3.63) is 61.3 Å². The summed E-state index contributed by atoms with van der Waals surface area (Å²) in [7, 11) is 0. The van der Waals surface area contributed by atoms with E-state index in [9.17, 15) is 19.7 Å². The van der Waals surface area contributed by atoms with E-state index in [1.807, 2.05) is 4.98 Å². The lowest BCUT2D eigenvalue weighted by Crippen LogP contribution is -2.22. The van der Waals surface area contributed by atoms with Crippen LogP contribution >= 0.6 is 0 Å². The quantitative estimate of drug-likeness (QED) is 0.545. The third-order valence-electron chi connectivity index (χ3n) is 2.12. The van der Waals surface area contributed by atoms with E-state index < -0.39 is 16.2 Å². The van der Waals surface area contributed by atoms with E-state index in [1.165, 1.54) is 30.3 Å². The zero-order chi connectivity index (χ0) is 13.1. The van der Waals surface area contributed by atoms with Crippen molar-refractivity contribution in [2.75, 3.05) is 5.32 Å². The van der Waals surface area contributed by atoms with Crippen LogP contribution in [0.15, 0.2) is 39.9 Å². The van der Waals surface area contributed by atoms with Crippen molar-refractivity contribution in [1.29, 1.82) is 0 Å². The van der Waals surface area contributed by atoms with Crippen molar-refractivity contribution in [3.8, 4) is 0 Å². The molecule has 8 heteroatoms. The molecule has 0 unspecified atom stereocenters. The molecule has 3 N–H and O–H groups in total. The SMILES string of the molecule is O=c1cc(Nc2ccc([N+](=O)[O-])cc2)[nH]c(=O)[nH]1. The van der Waals surface area contributed by atoms with Gasteiger partial charge in [0.15, 0.2) is 0 Å². The first-order valence-electron chi connectivity index (χ1n) is 4.90. The molecule has 0 saturated heterocycles. The number of nitrogens with one attached hydrogen (secondary N) is 3. The number of rotatable bonds is 3. The average Bonchev–Trinajstić information content (AvgIpc) is 2.28. The van der Waals surface area contributed by atoms with Gasteiger partial charge in [0, 0.05) is 23.9 Å². The molecule has 0 bridgehead atoms. The van der Waals surface area contributed by atoms with Gasteiger partial charge in [0.1, 0.15) is 5.82 Å². The molecule has 0 aliphatic carbocycles. The van der Waals surface area contributed by atoms with Crippen LogP contribution in [0, 0.1) is 10.1 Å². The maximum Gasteiger partial charge on any atom is 0.327 e. The summed E-state index contributed by atoms with van der Waals surface area (Å²) in [6.07, 6.45) is 0. The first-order valence-corrected chi connectivity index (χ1v) is 4.90. The number of non-ortho nitro benzene ring substituents is 1.